The molecule has 1 heterocycles. The minimum atomic E-state index is -0.434. The zero-order valence-electron chi connectivity index (χ0n) is 11.3. The lowest BCUT2D eigenvalue weighted by Gasteiger charge is -2.07. The molecular formula is C13H14N4O3S. The van der Waals surface area contributed by atoms with E-state index in [1.54, 1.807) is 19.1 Å². The van der Waals surface area contributed by atoms with Crippen molar-refractivity contribution >= 4 is 29.2 Å². The van der Waals surface area contributed by atoms with Gasteiger partial charge < -0.3 is 21.2 Å². The molecule has 8 heteroatoms. The summed E-state index contributed by atoms with van der Waals surface area (Å²) in [7, 11) is 0. The third-order valence-corrected chi connectivity index (χ3v) is 3.45. The normalized spacial score (nSPS) is 10.3. The van der Waals surface area contributed by atoms with Gasteiger partial charge in [-0.15, -0.1) is 0 Å². The second kappa shape index (κ2) is 6.31. The summed E-state index contributed by atoms with van der Waals surface area (Å²) in [5, 5.41) is 0.329. The highest BCUT2D eigenvalue weighted by Crippen LogP contribution is 2.30. The van der Waals surface area contributed by atoms with Crippen LogP contribution in [0, 0.1) is 0 Å². The number of hydrogen-bond donors (Lipinski definition) is 3. The van der Waals surface area contributed by atoms with Gasteiger partial charge >= 0.3 is 5.97 Å². The number of H-pyrrole nitrogens is 1. The Morgan fingerprint density at radius 3 is 2.76 bits per heavy atom. The zero-order chi connectivity index (χ0) is 15.4. The van der Waals surface area contributed by atoms with Gasteiger partial charge in [0.15, 0.2) is 5.16 Å². The van der Waals surface area contributed by atoms with Gasteiger partial charge in [0.25, 0.3) is 5.56 Å². The molecule has 0 saturated heterocycles. The Morgan fingerprint density at radius 1 is 1.38 bits per heavy atom. The number of nitrogens with one attached hydrogen (secondary N) is 1. The second-order valence-electron chi connectivity index (χ2n) is 4.05. The molecule has 0 bridgehead atoms. The number of nitrogen functional groups attached to an aromatic ring is 2. The Morgan fingerprint density at radius 2 is 2.14 bits per heavy atom. The number of rotatable bonds is 4. The molecule has 0 amide bonds. The van der Waals surface area contributed by atoms with Crippen molar-refractivity contribution in [1.82, 2.24) is 9.97 Å². The predicted molar refractivity (Wildman–Crippen MR) is 80.2 cm³/mol. The third kappa shape index (κ3) is 3.76. The van der Waals surface area contributed by atoms with Crippen molar-refractivity contribution in [2.24, 2.45) is 0 Å². The van der Waals surface area contributed by atoms with Crippen LogP contribution in [0.4, 0.5) is 11.5 Å². The Labute approximate surface area is 124 Å². The quantitative estimate of drug-likeness (QED) is 0.441. The van der Waals surface area contributed by atoms with Crippen molar-refractivity contribution < 1.29 is 9.53 Å². The van der Waals surface area contributed by atoms with Gasteiger partial charge in [-0.3, -0.25) is 4.79 Å². The highest BCUT2D eigenvalue weighted by molar-refractivity contribution is 7.99. The van der Waals surface area contributed by atoms with Crippen molar-refractivity contribution in [2.45, 2.75) is 17.0 Å². The molecule has 2 rings (SSSR count). The van der Waals surface area contributed by atoms with E-state index in [2.05, 4.69) is 9.97 Å². The van der Waals surface area contributed by atoms with Gasteiger partial charge in [-0.1, -0.05) is 0 Å². The lowest BCUT2D eigenvalue weighted by atomic mass is 10.2. The molecule has 0 spiro atoms. The van der Waals surface area contributed by atoms with Crippen molar-refractivity contribution in [3.63, 3.8) is 0 Å². The molecule has 0 saturated carbocycles. The molecule has 0 aliphatic heterocycles. The molecule has 7 nitrogen and oxygen atoms in total. The van der Waals surface area contributed by atoms with Crippen molar-refractivity contribution in [1.29, 1.82) is 0 Å². The summed E-state index contributed by atoms with van der Waals surface area (Å²) in [4.78, 5) is 30.1. The van der Waals surface area contributed by atoms with E-state index < -0.39 is 5.97 Å². The third-order valence-electron chi connectivity index (χ3n) is 2.47. The van der Waals surface area contributed by atoms with E-state index in [0.29, 0.717) is 27.9 Å². The number of ether oxygens (including phenoxy) is 1. The van der Waals surface area contributed by atoms with Crippen LogP contribution in [-0.2, 0) is 4.74 Å². The number of hydrogen-bond acceptors (Lipinski definition) is 7. The van der Waals surface area contributed by atoms with Gasteiger partial charge in [0, 0.05) is 16.6 Å². The maximum atomic E-state index is 11.6. The summed E-state index contributed by atoms with van der Waals surface area (Å²) in [6, 6.07) is 5.97. The average molecular weight is 306 g/mol. The number of esters is 1. The summed E-state index contributed by atoms with van der Waals surface area (Å²) in [6.07, 6.45) is 0. The Bertz CT molecular complexity index is 730. The van der Waals surface area contributed by atoms with Gasteiger partial charge in [-0.05, 0) is 36.9 Å². The van der Waals surface area contributed by atoms with Crippen molar-refractivity contribution in [2.75, 3.05) is 18.1 Å². The first-order valence-electron chi connectivity index (χ1n) is 6.11. The van der Waals surface area contributed by atoms with E-state index >= 15 is 0 Å². The molecule has 0 aliphatic carbocycles. The van der Waals surface area contributed by atoms with Gasteiger partial charge in [-0.2, -0.15) is 0 Å². The van der Waals surface area contributed by atoms with Crippen LogP contribution in [0.1, 0.15) is 17.3 Å². The van der Waals surface area contributed by atoms with E-state index in [1.807, 2.05) is 0 Å². The largest absolute Gasteiger partial charge is 0.462 e. The molecule has 0 aliphatic rings. The number of carbonyl (C=O) groups excluding carboxylic acids is 1. The summed E-state index contributed by atoms with van der Waals surface area (Å²) >= 11 is 1.15. The van der Waals surface area contributed by atoms with E-state index in [0.717, 1.165) is 11.8 Å². The maximum absolute atomic E-state index is 11.6. The average Bonchev–Trinajstić information content (AvgIpc) is 2.40. The van der Waals surface area contributed by atoms with Crippen LogP contribution in [-0.4, -0.2) is 22.5 Å². The Balaban J connectivity index is 2.25. The molecule has 21 heavy (non-hydrogen) atoms. The van der Waals surface area contributed by atoms with Crippen LogP contribution >= 0.6 is 11.8 Å². The van der Waals surface area contributed by atoms with Crippen LogP contribution in [0.25, 0.3) is 0 Å². The van der Waals surface area contributed by atoms with E-state index in [-0.39, 0.29) is 11.4 Å². The molecule has 5 N–H and O–H groups in total. The molecule has 2 aromatic rings. The van der Waals surface area contributed by atoms with E-state index in [4.69, 9.17) is 16.2 Å². The molecule has 110 valence electrons. The van der Waals surface area contributed by atoms with Crippen molar-refractivity contribution in [3.05, 3.63) is 40.2 Å². The highest BCUT2D eigenvalue weighted by Gasteiger charge is 2.11. The van der Waals surface area contributed by atoms with Gasteiger partial charge in [-0.25, -0.2) is 9.78 Å². The van der Waals surface area contributed by atoms with Crippen LogP contribution in [0.15, 0.2) is 39.1 Å². The number of anilines is 2. The van der Waals surface area contributed by atoms with Crippen LogP contribution in [0.2, 0.25) is 0 Å². The summed E-state index contributed by atoms with van der Waals surface area (Å²) in [6.45, 7) is 2.02. The minimum absolute atomic E-state index is 0.128. The van der Waals surface area contributed by atoms with E-state index in [9.17, 15) is 9.59 Å². The fourth-order valence-electron chi connectivity index (χ4n) is 1.59. The topological polar surface area (TPSA) is 124 Å². The summed E-state index contributed by atoms with van der Waals surface area (Å²) in [5.41, 5.74) is 11.8. The van der Waals surface area contributed by atoms with Crippen molar-refractivity contribution in [3.8, 4) is 0 Å². The first-order chi connectivity index (χ1) is 9.99. The monoisotopic (exact) mass is 306 g/mol. The van der Waals surface area contributed by atoms with Crippen LogP contribution in [0.3, 0.4) is 0 Å². The lowest BCUT2D eigenvalue weighted by Crippen LogP contribution is -2.09. The van der Waals surface area contributed by atoms with E-state index in [1.165, 1.54) is 12.1 Å². The number of carbonyl (C=O) groups is 1. The second-order valence-corrected chi connectivity index (χ2v) is 5.08. The molecule has 0 fully saturated rings. The van der Waals surface area contributed by atoms with Gasteiger partial charge in [0.1, 0.15) is 5.82 Å². The number of aromatic amines is 1. The molecule has 0 radical (unpaired) electrons. The fraction of sp³-hybridized carbons (Fsp3) is 0.154. The first kappa shape index (κ1) is 14.9. The lowest BCUT2D eigenvalue weighted by molar-refractivity contribution is 0.0526. The number of nitrogens with two attached hydrogens (primary N) is 2. The molecule has 1 aromatic carbocycles. The summed E-state index contributed by atoms with van der Waals surface area (Å²) in [5.74, 6) is -0.306. The molecular weight excluding hydrogens is 292 g/mol. The van der Waals surface area contributed by atoms with Crippen LogP contribution in [0.5, 0.6) is 0 Å². The van der Waals surface area contributed by atoms with Crippen LogP contribution < -0.4 is 17.0 Å². The molecule has 0 unspecified atom stereocenters. The maximum Gasteiger partial charge on any atom is 0.338 e. The Kier molecular flexibility index (Phi) is 4.49. The van der Waals surface area contributed by atoms with Gasteiger partial charge in [0.2, 0.25) is 0 Å². The number of benzene rings is 1. The molecule has 1 aromatic heterocycles. The number of aromatic nitrogens is 2. The predicted octanol–water partition coefficient (Wildman–Crippen LogP) is 1.26. The Hall–Kier alpha value is -2.48. The minimum Gasteiger partial charge on any atom is -0.462 e. The smallest absolute Gasteiger partial charge is 0.338 e. The van der Waals surface area contributed by atoms with Gasteiger partial charge in [0.05, 0.1) is 12.2 Å². The molecule has 0 atom stereocenters. The SMILES string of the molecule is CCOC(=O)c1ccc(Sc2nc(N)cc(=O)[nH]2)c(N)c1. The summed E-state index contributed by atoms with van der Waals surface area (Å²) < 4.78 is 4.89. The standard InChI is InChI=1S/C13H14N4O3S/c1-2-20-12(19)7-3-4-9(8(14)5-7)21-13-16-10(15)6-11(18)17-13/h3-6H,2,14H2,1H3,(H3,15,16,17,18). The zero-order valence-corrected chi connectivity index (χ0v) is 12.1. The fourth-order valence-corrected chi connectivity index (χ4v) is 2.41. The highest BCUT2D eigenvalue weighted by atomic mass is 32.2. The first-order valence-corrected chi connectivity index (χ1v) is 6.92. The number of nitrogens with zero attached hydrogens (tertiary/aromatic N) is 1.